The van der Waals surface area contributed by atoms with Gasteiger partial charge in [0.1, 0.15) is 0 Å². The van der Waals surface area contributed by atoms with Gasteiger partial charge >= 0.3 is 0 Å². The highest BCUT2D eigenvalue weighted by Crippen LogP contribution is 2.30. The number of halogens is 2. The average Bonchev–Trinajstić information content (AvgIpc) is 3.03. The number of nitrogens with one attached hydrogen (secondary N) is 2. The van der Waals surface area contributed by atoms with Crippen molar-refractivity contribution in [1.29, 1.82) is 0 Å². The smallest absolute Gasteiger partial charge is 0.228 e. The Balaban J connectivity index is 0.00000169. The van der Waals surface area contributed by atoms with Crippen LogP contribution in [0.2, 0.25) is 0 Å². The summed E-state index contributed by atoms with van der Waals surface area (Å²) in [6, 6.07) is 0.190. The molecule has 26 heavy (non-hydrogen) atoms. The third kappa shape index (κ3) is 5.25. The fourth-order valence-corrected chi connectivity index (χ4v) is 3.86. The molecule has 0 spiro atoms. The van der Waals surface area contributed by atoms with Crippen molar-refractivity contribution in [2.24, 2.45) is 12.5 Å². The van der Waals surface area contributed by atoms with Crippen molar-refractivity contribution in [3.63, 3.8) is 0 Å². The molecule has 150 valence electrons. The number of hydrogen-bond donors (Lipinski definition) is 2. The number of aryl methyl sites for hydroxylation is 1. The second-order valence-electron chi connectivity index (χ2n) is 7.09. The van der Waals surface area contributed by atoms with Crippen LogP contribution in [0.15, 0.2) is 12.4 Å². The maximum atomic E-state index is 13.0. The summed E-state index contributed by atoms with van der Waals surface area (Å²) in [5, 5.41) is 10.9. The van der Waals surface area contributed by atoms with Gasteiger partial charge in [-0.05, 0) is 38.8 Å². The van der Waals surface area contributed by atoms with E-state index in [2.05, 4.69) is 20.6 Å². The van der Waals surface area contributed by atoms with E-state index in [1.807, 2.05) is 24.1 Å². The largest absolute Gasteiger partial charge is 0.384 e. The number of rotatable bonds is 5. The van der Waals surface area contributed by atoms with E-state index < -0.39 is 0 Å². The first kappa shape index (κ1) is 23.0. The zero-order valence-electron chi connectivity index (χ0n) is 15.6. The molecule has 0 radical (unpaired) electrons. The zero-order chi connectivity index (χ0) is 17.0. The van der Waals surface area contributed by atoms with E-state index in [9.17, 15) is 4.79 Å². The highest BCUT2D eigenvalue weighted by molar-refractivity contribution is 5.85. The van der Waals surface area contributed by atoms with Crippen LogP contribution >= 0.6 is 24.8 Å². The lowest BCUT2D eigenvalue weighted by Crippen LogP contribution is -2.55. The summed E-state index contributed by atoms with van der Waals surface area (Å²) >= 11 is 0. The zero-order valence-corrected chi connectivity index (χ0v) is 17.2. The van der Waals surface area contributed by atoms with Crippen molar-refractivity contribution in [2.75, 3.05) is 44.8 Å². The Kier molecular flexibility index (Phi) is 9.16. The second kappa shape index (κ2) is 10.3. The molecule has 0 bridgehead atoms. The molecule has 2 N–H and O–H groups in total. The number of nitrogens with zero attached hydrogens (tertiary/aromatic N) is 3. The van der Waals surface area contributed by atoms with Crippen LogP contribution in [0.5, 0.6) is 0 Å². The topological polar surface area (TPSA) is 71.4 Å². The number of carbonyl (C=O) groups is 1. The fraction of sp³-hybridized carbons (Fsp3) is 0.765. The van der Waals surface area contributed by atoms with E-state index in [-0.39, 0.29) is 42.2 Å². The maximum Gasteiger partial charge on any atom is 0.228 e. The van der Waals surface area contributed by atoms with E-state index in [0.717, 1.165) is 57.5 Å². The Hall–Kier alpha value is -1.02. The van der Waals surface area contributed by atoms with Gasteiger partial charge in [-0.15, -0.1) is 24.8 Å². The van der Waals surface area contributed by atoms with Gasteiger partial charge in [0, 0.05) is 39.5 Å². The number of anilines is 1. The fourth-order valence-electron chi connectivity index (χ4n) is 3.86. The number of methoxy groups -OCH3 is 1. The first-order chi connectivity index (χ1) is 11.6. The van der Waals surface area contributed by atoms with Crippen molar-refractivity contribution in [2.45, 2.75) is 31.7 Å². The molecule has 2 fully saturated rings. The normalized spacial score (nSPS) is 22.1. The number of piperidine rings is 2. The van der Waals surface area contributed by atoms with Gasteiger partial charge in [0.2, 0.25) is 5.91 Å². The Labute approximate surface area is 168 Å². The molecule has 1 atom stereocenters. The van der Waals surface area contributed by atoms with Crippen molar-refractivity contribution in [1.82, 2.24) is 20.4 Å². The van der Waals surface area contributed by atoms with Crippen molar-refractivity contribution < 1.29 is 9.53 Å². The van der Waals surface area contributed by atoms with Crippen LogP contribution in [0.3, 0.4) is 0 Å². The molecule has 2 aliphatic heterocycles. The lowest BCUT2D eigenvalue weighted by atomic mass is 9.78. The van der Waals surface area contributed by atoms with Crippen LogP contribution < -0.4 is 15.5 Å². The molecular weight excluding hydrogens is 377 g/mol. The molecule has 1 aromatic heterocycles. The van der Waals surface area contributed by atoms with Gasteiger partial charge in [-0.3, -0.25) is 9.48 Å². The van der Waals surface area contributed by atoms with Gasteiger partial charge in [0.25, 0.3) is 0 Å². The van der Waals surface area contributed by atoms with Gasteiger partial charge < -0.3 is 20.3 Å². The van der Waals surface area contributed by atoms with Crippen molar-refractivity contribution >= 4 is 36.4 Å². The van der Waals surface area contributed by atoms with Crippen LogP contribution in [0.25, 0.3) is 0 Å². The van der Waals surface area contributed by atoms with E-state index in [1.165, 1.54) is 0 Å². The number of ether oxygens (including phenoxy) is 1. The second-order valence-corrected chi connectivity index (χ2v) is 7.09. The van der Waals surface area contributed by atoms with Crippen LogP contribution in [-0.4, -0.2) is 61.6 Å². The van der Waals surface area contributed by atoms with Crippen LogP contribution in [0, 0.1) is 5.41 Å². The van der Waals surface area contributed by atoms with E-state index in [4.69, 9.17) is 4.74 Å². The predicted octanol–water partition coefficient (Wildman–Crippen LogP) is 1.36. The Morgan fingerprint density at radius 2 is 2.15 bits per heavy atom. The third-order valence-corrected chi connectivity index (χ3v) is 5.28. The highest BCUT2D eigenvalue weighted by atomic mass is 35.5. The average molecular weight is 408 g/mol. The number of amides is 1. The van der Waals surface area contributed by atoms with Crippen LogP contribution in [0.4, 0.5) is 5.69 Å². The molecular formula is C17H31Cl2N5O2. The first-order valence-electron chi connectivity index (χ1n) is 8.87. The van der Waals surface area contributed by atoms with Gasteiger partial charge in [0.05, 0.1) is 23.9 Å². The SMILES string of the molecule is COCC1(C(=O)NC2CCCN(c3cnn(C)c3)C2)CCNCC1.Cl.Cl. The molecule has 7 nitrogen and oxygen atoms in total. The first-order valence-corrected chi connectivity index (χ1v) is 8.87. The quantitative estimate of drug-likeness (QED) is 0.770. The molecule has 0 saturated carbocycles. The Bertz CT molecular complexity index is 558. The van der Waals surface area contributed by atoms with E-state index in [0.29, 0.717) is 6.61 Å². The molecule has 1 aromatic rings. The predicted molar refractivity (Wildman–Crippen MR) is 107 cm³/mol. The van der Waals surface area contributed by atoms with E-state index >= 15 is 0 Å². The molecule has 1 unspecified atom stereocenters. The number of aromatic nitrogens is 2. The molecule has 2 saturated heterocycles. The van der Waals surface area contributed by atoms with E-state index in [1.54, 1.807) is 7.11 Å². The third-order valence-electron chi connectivity index (χ3n) is 5.28. The Morgan fingerprint density at radius 1 is 1.42 bits per heavy atom. The molecule has 1 amide bonds. The summed E-state index contributed by atoms with van der Waals surface area (Å²) in [5.41, 5.74) is 0.751. The number of hydrogen-bond acceptors (Lipinski definition) is 5. The Morgan fingerprint density at radius 3 is 2.77 bits per heavy atom. The van der Waals surface area contributed by atoms with Crippen molar-refractivity contribution in [3.8, 4) is 0 Å². The van der Waals surface area contributed by atoms with Gasteiger partial charge in [-0.2, -0.15) is 5.10 Å². The highest BCUT2D eigenvalue weighted by Gasteiger charge is 2.40. The lowest BCUT2D eigenvalue weighted by Gasteiger charge is -2.39. The summed E-state index contributed by atoms with van der Waals surface area (Å²) in [7, 11) is 3.61. The molecule has 3 heterocycles. The molecule has 2 aliphatic rings. The molecule has 0 aliphatic carbocycles. The summed E-state index contributed by atoms with van der Waals surface area (Å²) < 4.78 is 7.20. The summed E-state index contributed by atoms with van der Waals surface area (Å²) in [4.78, 5) is 15.3. The van der Waals surface area contributed by atoms with Crippen LogP contribution in [0.1, 0.15) is 25.7 Å². The van der Waals surface area contributed by atoms with Gasteiger partial charge in [-0.1, -0.05) is 0 Å². The molecule has 9 heteroatoms. The summed E-state index contributed by atoms with van der Waals surface area (Å²) in [5.74, 6) is 0.156. The summed E-state index contributed by atoms with van der Waals surface area (Å²) in [6.45, 7) is 4.12. The lowest BCUT2D eigenvalue weighted by molar-refractivity contribution is -0.137. The summed E-state index contributed by atoms with van der Waals surface area (Å²) in [6.07, 6.45) is 7.72. The minimum Gasteiger partial charge on any atom is -0.384 e. The van der Waals surface area contributed by atoms with Gasteiger partial charge in [0.15, 0.2) is 0 Å². The van der Waals surface area contributed by atoms with Gasteiger partial charge in [-0.25, -0.2) is 0 Å². The maximum absolute atomic E-state index is 13.0. The minimum absolute atomic E-state index is 0. The number of carbonyl (C=O) groups excluding carboxylic acids is 1. The monoisotopic (exact) mass is 407 g/mol. The molecule has 0 aromatic carbocycles. The molecule has 3 rings (SSSR count). The van der Waals surface area contributed by atoms with Crippen LogP contribution in [-0.2, 0) is 16.6 Å². The minimum atomic E-state index is -0.378. The van der Waals surface area contributed by atoms with Crippen molar-refractivity contribution in [3.05, 3.63) is 12.4 Å². The standard InChI is InChI=1S/C17H29N5O2.2ClH/c1-21-12-15(10-19-21)22-9-3-4-14(11-22)20-16(23)17(13-24-2)5-7-18-8-6-17;;/h10,12,14,18H,3-9,11,13H2,1-2H3,(H,20,23);2*1H.